The van der Waals surface area contributed by atoms with E-state index in [1.165, 1.54) is 32.1 Å². The van der Waals surface area contributed by atoms with Gasteiger partial charge in [-0.25, -0.2) is 0 Å². The summed E-state index contributed by atoms with van der Waals surface area (Å²) in [6, 6.07) is 0.309. The Kier molecular flexibility index (Phi) is 2.75. The monoisotopic (exact) mass is 194 g/mol. The molecule has 1 aliphatic carbocycles. The fraction of sp³-hybridized carbons (Fsp3) is 0.727. The van der Waals surface area contributed by atoms with Gasteiger partial charge in [0.1, 0.15) is 5.76 Å². The molecule has 1 aromatic rings. The molecule has 0 unspecified atom stereocenters. The van der Waals surface area contributed by atoms with E-state index < -0.39 is 0 Å². The third-order valence-corrected chi connectivity index (χ3v) is 3.16. The highest BCUT2D eigenvalue weighted by atomic mass is 16.4. The van der Waals surface area contributed by atoms with Gasteiger partial charge in [0.05, 0.1) is 5.69 Å². The second-order valence-electron chi connectivity index (χ2n) is 4.25. The summed E-state index contributed by atoms with van der Waals surface area (Å²) < 4.78 is 5.34. The highest BCUT2D eigenvalue weighted by Gasteiger charge is 2.16. The molecular formula is C11H18N2O. The number of aryl methyl sites for hydroxylation is 2. The summed E-state index contributed by atoms with van der Waals surface area (Å²) in [5.41, 5.74) is 6.44. The van der Waals surface area contributed by atoms with Gasteiger partial charge in [0.15, 0.2) is 0 Å². The van der Waals surface area contributed by atoms with Gasteiger partial charge < -0.3 is 10.2 Å². The van der Waals surface area contributed by atoms with Gasteiger partial charge in [-0.1, -0.05) is 25.7 Å². The Hall–Kier alpha value is -0.990. The molecule has 14 heavy (non-hydrogen) atoms. The molecule has 1 aromatic heterocycles. The average molecular weight is 194 g/mol. The molecule has 1 heterocycles. The number of anilines is 1. The van der Waals surface area contributed by atoms with Crippen molar-refractivity contribution in [1.82, 2.24) is 4.98 Å². The van der Waals surface area contributed by atoms with Crippen LogP contribution >= 0.6 is 0 Å². The summed E-state index contributed by atoms with van der Waals surface area (Å²) >= 11 is 0. The van der Waals surface area contributed by atoms with E-state index in [-0.39, 0.29) is 0 Å². The van der Waals surface area contributed by atoms with E-state index in [0.29, 0.717) is 6.01 Å². The molecule has 0 aliphatic heterocycles. The summed E-state index contributed by atoms with van der Waals surface area (Å²) in [5.74, 6) is 1.88. The number of nitrogens with two attached hydrogens (primary N) is 1. The number of aromatic nitrogens is 1. The van der Waals surface area contributed by atoms with Crippen LogP contribution in [0.25, 0.3) is 0 Å². The van der Waals surface area contributed by atoms with Gasteiger partial charge >= 0.3 is 0 Å². The Bertz CT molecular complexity index is 300. The highest BCUT2D eigenvalue weighted by molar-refractivity contribution is 5.18. The van der Waals surface area contributed by atoms with Crippen molar-refractivity contribution in [3.63, 3.8) is 0 Å². The van der Waals surface area contributed by atoms with Gasteiger partial charge in [-0.2, -0.15) is 4.98 Å². The maximum Gasteiger partial charge on any atom is 0.292 e. The number of nitrogen functional groups attached to an aromatic ring is 1. The lowest BCUT2D eigenvalue weighted by Gasteiger charge is -2.06. The zero-order valence-electron chi connectivity index (χ0n) is 8.75. The van der Waals surface area contributed by atoms with Crippen molar-refractivity contribution >= 4 is 6.01 Å². The van der Waals surface area contributed by atoms with Crippen molar-refractivity contribution in [1.29, 1.82) is 0 Å². The van der Waals surface area contributed by atoms with Crippen molar-refractivity contribution < 1.29 is 4.42 Å². The number of hydrogen-bond acceptors (Lipinski definition) is 3. The minimum Gasteiger partial charge on any atom is -0.429 e. The largest absolute Gasteiger partial charge is 0.429 e. The molecule has 1 fully saturated rings. The van der Waals surface area contributed by atoms with Crippen molar-refractivity contribution in [2.45, 2.75) is 45.4 Å². The third-order valence-electron chi connectivity index (χ3n) is 3.16. The van der Waals surface area contributed by atoms with Gasteiger partial charge in [-0.15, -0.1) is 0 Å². The average Bonchev–Trinajstić information content (AvgIpc) is 2.72. The van der Waals surface area contributed by atoms with Crippen molar-refractivity contribution in [2.24, 2.45) is 5.92 Å². The molecule has 0 amide bonds. The topological polar surface area (TPSA) is 52.0 Å². The molecule has 0 spiro atoms. The number of oxazole rings is 1. The molecule has 0 radical (unpaired) electrons. The molecule has 0 saturated heterocycles. The zero-order chi connectivity index (χ0) is 9.97. The second-order valence-corrected chi connectivity index (χ2v) is 4.25. The van der Waals surface area contributed by atoms with Crippen LogP contribution in [0.4, 0.5) is 6.01 Å². The van der Waals surface area contributed by atoms with Crippen LogP contribution in [0.15, 0.2) is 4.42 Å². The normalized spacial score (nSPS) is 17.8. The lowest BCUT2D eigenvalue weighted by Crippen LogP contribution is -1.96. The lowest BCUT2D eigenvalue weighted by atomic mass is 10.0. The van der Waals surface area contributed by atoms with Crippen LogP contribution in [-0.4, -0.2) is 4.98 Å². The van der Waals surface area contributed by atoms with E-state index in [0.717, 1.165) is 23.8 Å². The van der Waals surface area contributed by atoms with E-state index in [1.807, 2.05) is 6.92 Å². The second kappa shape index (κ2) is 4.03. The fourth-order valence-electron chi connectivity index (χ4n) is 2.32. The molecule has 2 rings (SSSR count). The van der Waals surface area contributed by atoms with E-state index >= 15 is 0 Å². The van der Waals surface area contributed by atoms with Gasteiger partial charge in [0.25, 0.3) is 6.01 Å². The van der Waals surface area contributed by atoms with Gasteiger partial charge in [0, 0.05) is 6.42 Å². The summed E-state index contributed by atoms with van der Waals surface area (Å²) in [7, 11) is 0. The first kappa shape index (κ1) is 9.56. The number of nitrogens with zero attached hydrogens (tertiary/aromatic N) is 1. The Morgan fingerprint density at radius 3 is 2.71 bits per heavy atom. The molecule has 1 aliphatic rings. The Morgan fingerprint density at radius 2 is 2.14 bits per heavy atom. The summed E-state index contributed by atoms with van der Waals surface area (Å²) in [5, 5.41) is 0. The first-order chi connectivity index (χ1) is 6.75. The Morgan fingerprint density at radius 1 is 1.43 bits per heavy atom. The van der Waals surface area contributed by atoms with Gasteiger partial charge in [-0.05, 0) is 19.3 Å². The van der Waals surface area contributed by atoms with Crippen molar-refractivity contribution in [3.05, 3.63) is 11.5 Å². The van der Waals surface area contributed by atoms with Crippen LogP contribution < -0.4 is 5.73 Å². The van der Waals surface area contributed by atoms with Crippen LogP contribution in [0, 0.1) is 12.8 Å². The van der Waals surface area contributed by atoms with Crippen LogP contribution in [-0.2, 0) is 6.42 Å². The Labute approximate surface area is 84.7 Å². The first-order valence-corrected chi connectivity index (χ1v) is 5.47. The van der Waals surface area contributed by atoms with Crippen LogP contribution in [0.3, 0.4) is 0 Å². The van der Waals surface area contributed by atoms with E-state index in [4.69, 9.17) is 10.2 Å². The van der Waals surface area contributed by atoms with Crippen LogP contribution in [0.1, 0.15) is 43.6 Å². The molecule has 2 N–H and O–H groups in total. The molecule has 1 saturated carbocycles. The maximum absolute atomic E-state index is 5.49. The smallest absolute Gasteiger partial charge is 0.292 e. The Balaban J connectivity index is 1.87. The van der Waals surface area contributed by atoms with Crippen LogP contribution in [0.2, 0.25) is 0 Å². The van der Waals surface area contributed by atoms with Crippen molar-refractivity contribution in [3.8, 4) is 0 Å². The molecule has 3 nitrogen and oxygen atoms in total. The first-order valence-electron chi connectivity index (χ1n) is 5.47. The van der Waals surface area contributed by atoms with E-state index in [1.54, 1.807) is 0 Å². The van der Waals surface area contributed by atoms with Crippen LogP contribution in [0.5, 0.6) is 0 Å². The molecule has 0 bridgehead atoms. The summed E-state index contributed by atoms with van der Waals surface area (Å²) in [4.78, 5) is 4.07. The third kappa shape index (κ3) is 2.08. The summed E-state index contributed by atoms with van der Waals surface area (Å²) in [6.45, 7) is 1.96. The number of rotatable bonds is 3. The SMILES string of the molecule is Cc1nc(N)oc1CCC1CCCC1. The minimum absolute atomic E-state index is 0.309. The minimum atomic E-state index is 0.309. The standard InChI is InChI=1S/C11H18N2O/c1-8-10(14-11(12)13-8)7-6-9-4-2-3-5-9/h9H,2-7H2,1H3,(H2,12,13). The molecule has 3 heteroatoms. The predicted octanol–water partition coefficient (Wildman–Crippen LogP) is 2.69. The maximum atomic E-state index is 5.49. The van der Waals surface area contributed by atoms with Gasteiger partial charge in [-0.3, -0.25) is 0 Å². The number of hydrogen-bond donors (Lipinski definition) is 1. The molecule has 78 valence electrons. The highest BCUT2D eigenvalue weighted by Crippen LogP contribution is 2.29. The fourth-order valence-corrected chi connectivity index (χ4v) is 2.32. The van der Waals surface area contributed by atoms with E-state index in [2.05, 4.69) is 4.98 Å². The molecule has 0 atom stereocenters. The van der Waals surface area contributed by atoms with Gasteiger partial charge in [0.2, 0.25) is 0 Å². The molecule has 0 aromatic carbocycles. The zero-order valence-corrected chi connectivity index (χ0v) is 8.75. The van der Waals surface area contributed by atoms with E-state index in [9.17, 15) is 0 Å². The van der Waals surface area contributed by atoms with Crippen molar-refractivity contribution in [2.75, 3.05) is 5.73 Å². The lowest BCUT2D eigenvalue weighted by molar-refractivity contribution is 0.452. The molecular weight excluding hydrogens is 176 g/mol. The predicted molar refractivity (Wildman–Crippen MR) is 55.9 cm³/mol. The summed E-state index contributed by atoms with van der Waals surface area (Å²) in [6.07, 6.45) is 7.83. The quantitative estimate of drug-likeness (QED) is 0.804.